The average molecular weight is 274 g/mol. The van der Waals surface area contributed by atoms with E-state index in [1.807, 2.05) is 0 Å². The van der Waals surface area contributed by atoms with Crippen LogP contribution >= 0.6 is 0 Å². The van der Waals surface area contributed by atoms with Gasteiger partial charge in [0.25, 0.3) is 0 Å². The number of unbranched alkanes of at least 4 members (excludes halogenated alkanes) is 1. The Morgan fingerprint density at radius 2 is 1.82 bits per heavy atom. The second-order valence-electron chi connectivity index (χ2n) is 3.29. The Morgan fingerprint density at radius 3 is 2.24 bits per heavy atom. The third-order valence-electron chi connectivity index (χ3n) is 1.72. The number of rotatable bonds is 7. The average Bonchev–Trinajstić information content (AvgIpc) is 2.14. The zero-order valence-electron chi connectivity index (χ0n) is 8.98. The van der Waals surface area contributed by atoms with Gasteiger partial charge in [0.05, 0.1) is 6.61 Å². The normalized spacial score (nSPS) is 12.2. The number of hydrogen-bond donors (Lipinski definition) is 1. The van der Waals surface area contributed by atoms with Crippen LogP contribution in [0.5, 0.6) is 0 Å². The molecule has 0 fully saturated rings. The van der Waals surface area contributed by atoms with Crippen molar-refractivity contribution in [2.75, 3.05) is 6.61 Å². The predicted octanol–water partition coefficient (Wildman–Crippen LogP) is 0.770. The Labute approximate surface area is 96.7 Å². The lowest BCUT2D eigenvalue weighted by Gasteiger charge is -2.11. The van der Waals surface area contributed by atoms with Crippen LogP contribution in [0.4, 0.5) is 8.78 Å². The number of carbonyl (C=O) groups is 2. The highest BCUT2D eigenvalue weighted by Gasteiger charge is 2.54. The molecule has 0 unspecified atom stereocenters. The van der Waals surface area contributed by atoms with Gasteiger partial charge in [-0.05, 0) is 19.8 Å². The number of carbonyl (C=O) groups excluding carboxylic acids is 2. The number of ketones is 1. The Hall–Kier alpha value is -1.09. The van der Waals surface area contributed by atoms with E-state index in [4.69, 9.17) is 4.55 Å². The molecule has 0 radical (unpaired) electrons. The highest BCUT2D eigenvalue weighted by atomic mass is 32.2. The minimum absolute atomic E-state index is 0.0976. The zero-order valence-corrected chi connectivity index (χ0v) is 9.80. The highest BCUT2D eigenvalue weighted by Crippen LogP contribution is 2.22. The van der Waals surface area contributed by atoms with Crippen LogP contribution in [0, 0.1) is 0 Å². The molecular formula is C8H12F2O6S. The third kappa shape index (κ3) is 5.18. The lowest BCUT2D eigenvalue weighted by atomic mass is 10.2. The van der Waals surface area contributed by atoms with Gasteiger partial charge in [-0.1, -0.05) is 0 Å². The molecule has 0 spiro atoms. The van der Waals surface area contributed by atoms with Gasteiger partial charge >= 0.3 is 21.3 Å². The number of esters is 1. The van der Waals surface area contributed by atoms with Crippen LogP contribution in [-0.4, -0.2) is 36.6 Å². The van der Waals surface area contributed by atoms with Crippen molar-refractivity contribution >= 4 is 21.9 Å². The summed E-state index contributed by atoms with van der Waals surface area (Å²) in [5.74, 6) is -2.43. The van der Waals surface area contributed by atoms with E-state index in [1.165, 1.54) is 6.92 Å². The van der Waals surface area contributed by atoms with Gasteiger partial charge in [0.1, 0.15) is 5.78 Å². The number of hydrogen-bond acceptors (Lipinski definition) is 5. The molecule has 0 aromatic carbocycles. The maximum atomic E-state index is 12.6. The molecule has 0 aromatic rings. The van der Waals surface area contributed by atoms with E-state index in [0.29, 0.717) is 6.42 Å². The fourth-order valence-electron chi connectivity index (χ4n) is 0.830. The maximum absolute atomic E-state index is 12.6. The van der Waals surface area contributed by atoms with Gasteiger partial charge in [0.2, 0.25) is 0 Å². The number of alkyl halides is 2. The summed E-state index contributed by atoms with van der Waals surface area (Å²) in [6.07, 6.45) is 0.694. The van der Waals surface area contributed by atoms with Crippen LogP contribution in [0.2, 0.25) is 0 Å². The van der Waals surface area contributed by atoms with Crippen molar-refractivity contribution in [3.63, 3.8) is 0 Å². The molecule has 0 saturated carbocycles. The van der Waals surface area contributed by atoms with Gasteiger partial charge in [-0.15, -0.1) is 0 Å². The van der Waals surface area contributed by atoms with E-state index in [9.17, 15) is 26.8 Å². The Kier molecular flexibility index (Phi) is 5.62. The summed E-state index contributed by atoms with van der Waals surface area (Å²) in [6.45, 7) is 0.899. The lowest BCUT2D eigenvalue weighted by molar-refractivity contribution is -0.161. The first-order chi connectivity index (χ1) is 7.59. The number of halogens is 2. The Balaban J connectivity index is 4.08. The second-order valence-corrected chi connectivity index (χ2v) is 4.75. The molecule has 0 aliphatic rings. The van der Waals surface area contributed by atoms with Gasteiger partial charge < -0.3 is 9.53 Å². The lowest BCUT2D eigenvalue weighted by Crippen LogP contribution is -2.39. The molecule has 0 aliphatic heterocycles. The first-order valence-electron chi connectivity index (χ1n) is 4.60. The fraction of sp³-hybridized carbons (Fsp3) is 0.750. The predicted molar refractivity (Wildman–Crippen MR) is 52.0 cm³/mol. The summed E-state index contributed by atoms with van der Waals surface area (Å²) in [6, 6.07) is 0. The van der Waals surface area contributed by atoms with E-state index in [1.54, 1.807) is 0 Å². The second kappa shape index (κ2) is 6.01. The number of ether oxygens (including phenoxy) is 1. The van der Waals surface area contributed by atoms with Gasteiger partial charge in [0, 0.05) is 6.42 Å². The molecule has 0 heterocycles. The molecule has 17 heavy (non-hydrogen) atoms. The summed E-state index contributed by atoms with van der Waals surface area (Å²) in [5, 5.41) is -4.96. The van der Waals surface area contributed by atoms with Crippen LogP contribution < -0.4 is 0 Å². The summed E-state index contributed by atoms with van der Waals surface area (Å²) >= 11 is 0. The monoisotopic (exact) mass is 274 g/mol. The van der Waals surface area contributed by atoms with Crippen LogP contribution in [0.25, 0.3) is 0 Å². The van der Waals surface area contributed by atoms with Gasteiger partial charge in [0.15, 0.2) is 0 Å². The van der Waals surface area contributed by atoms with Crippen LogP contribution in [-0.2, 0) is 24.4 Å². The summed E-state index contributed by atoms with van der Waals surface area (Å²) in [4.78, 5) is 21.1. The SMILES string of the molecule is CC(=O)CCCCOC(=O)C(F)(F)S(=O)(=O)O. The molecule has 1 N–H and O–H groups in total. The summed E-state index contributed by atoms with van der Waals surface area (Å²) < 4.78 is 57.5. The highest BCUT2D eigenvalue weighted by molar-refractivity contribution is 7.87. The minimum Gasteiger partial charge on any atom is -0.460 e. The standard InChI is InChI=1S/C8H12F2O6S/c1-6(11)4-2-3-5-16-7(12)8(9,10)17(13,14)15/h2-5H2,1H3,(H,13,14,15). The molecule has 0 rings (SSSR count). The van der Waals surface area contributed by atoms with Crippen LogP contribution in [0.15, 0.2) is 0 Å². The van der Waals surface area contributed by atoms with Crippen molar-refractivity contribution in [1.29, 1.82) is 0 Å². The summed E-state index contributed by atoms with van der Waals surface area (Å²) in [5.41, 5.74) is 0. The topological polar surface area (TPSA) is 97.7 Å². The quantitative estimate of drug-likeness (QED) is 0.418. The minimum atomic E-state index is -5.82. The fourth-order valence-corrected chi connectivity index (χ4v) is 1.10. The molecule has 100 valence electrons. The van der Waals surface area contributed by atoms with Crippen molar-refractivity contribution in [3.05, 3.63) is 0 Å². The molecule has 6 nitrogen and oxygen atoms in total. The molecule has 0 saturated heterocycles. The largest absolute Gasteiger partial charge is 0.465 e. The van der Waals surface area contributed by atoms with Crippen molar-refractivity contribution in [2.45, 2.75) is 31.4 Å². The van der Waals surface area contributed by atoms with Crippen molar-refractivity contribution in [3.8, 4) is 0 Å². The van der Waals surface area contributed by atoms with Crippen LogP contribution in [0.3, 0.4) is 0 Å². The molecular weight excluding hydrogens is 262 g/mol. The molecule has 9 heteroatoms. The van der Waals surface area contributed by atoms with E-state index < -0.39 is 27.9 Å². The van der Waals surface area contributed by atoms with E-state index in [-0.39, 0.29) is 18.6 Å². The van der Waals surface area contributed by atoms with E-state index in [2.05, 4.69) is 4.74 Å². The first kappa shape index (κ1) is 15.9. The molecule has 0 amide bonds. The molecule has 0 bridgehead atoms. The van der Waals surface area contributed by atoms with E-state index in [0.717, 1.165) is 0 Å². The van der Waals surface area contributed by atoms with Gasteiger partial charge in [-0.25, -0.2) is 4.79 Å². The van der Waals surface area contributed by atoms with Crippen molar-refractivity contribution < 1.29 is 36.1 Å². The Morgan fingerprint density at radius 1 is 1.29 bits per heavy atom. The van der Waals surface area contributed by atoms with Crippen molar-refractivity contribution in [2.24, 2.45) is 0 Å². The Bertz CT molecular complexity index is 389. The maximum Gasteiger partial charge on any atom is 0.465 e. The smallest absolute Gasteiger partial charge is 0.460 e. The third-order valence-corrected chi connectivity index (χ3v) is 2.53. The molecule has 0 aliphatic carbocycles. The number of Topliss-reactive ketones (excluding diaryl/α,β-unsaturated/α-hetero) is 1. The van der Waals surface area contributed by atoms with E-state index >= 15 is 0 Å². The molecule has 0 atom stereocenters. The zero-order chi connectivity index (χ0) is 13.7. The summed E-state index contributed by atoms with van der Waals surface area (Å²) in [7, 11) is -5.82. The first-order valence-corrected chi connectivity index (χ1v) is 6.04. The molecule has 0 aromatic heterocycles. The van der Waals surface area contributed by atoms with Crippen molar-refractivity contribution in [1.82, 2.24) is 0 Å². The van der Waals surface area contributed by atoms with Gasteiger partial charge in [-0.3, -0.25) is 4.55 Å². The van der Waals surface area contributed by atoms with Crippen LogP contribution in [0.1, 0.15) is 26.2 Å². The van der Waals surface area contributed by atoms with Gasteiger partial charge in [-0.2, -0.15) is 17.2 Å².